The summed E-state index contributed by atoms with van der Waals surface area (Å²) < 4.78 is 10.1. The molecule has 17 heavy (non-hydrogen) atoms. The van der Waals surface area contributed by atoms with Crippen molar-refractivity contribution in [1.82, 2.24) is 0 Å². The Morgan fingerprint density at radius 3 is 2.53 bits per heavy atom. The zero-order valence-corrected chi connectivity index (χ0v) is 9.54. The van der Waals surface area contributed by atoms with E-state index in [1.807, 2.05) is 0 Å². The van der Waals surface area contributed by atoms with Crippen LogP contribution in [-0.4, -0.2) is 31.5 Å². The first kappa shape index (κ1) is 12.6. The maximum atomic E-state index is 9.74. The van der Waals surface area contributed by atoms with Crippen LogP contribution in [0.3, 0.4) is 0 Å². The van der Waals surface area contributed by atoms with Crippen LogP contribution in [0.25, 0.3) is 0 Å². The second-order valence-corrected chi connectivity index (χ2v) is 3.03. The van der Waals surface area contributed by atoms with Gasteiger partial charge in [0.1, 0.15) is 17.2 Å². The number of guanidine groups is 1. The molecule has 7 nitrogen and oxygen atoms in total. The normalized spacial score (nSPS) is 10.2. The quantitative estimate of drug-likeness (QED) is 0.388. The molecule has 0 unspecified atom stereocenters. The van der Waals surface area contributed by atoms with E-state index in [-0.39, 0.29) is 11.7 Å². The van der Waals surface area contributed by atoms with E-state index >= 15 is 0 Å². The third-order valence-electron chi connectivity index (χ3n) is 1.91. The van der Waals surface area contributed by atoms with Crippen molar-refractivity contribution in [2.75, 3.05) is 14.2 Å². The molecular weight excluding hydrogens is 224 g/mol. The first-order valence-corrected chi connectivity index (χ1v) is 4.65. The SMILES string of the molecule is COc1cc(O)c(C=NN=C(N)N)c(OC)c1. The molecule has 0 spiro atoms. The van der Waals surface area contributed by atoms with Crippen LogP contribution in [0, 0.1) is 0 Å². The highest BCUT2D eigenvalue weighted by atomic mass is 16.5. The molecule has 0 amide bonds. The Labute approximate surface area is 98.4 Å². The van der Waals surface area contributed by atoms with Crippen LogP contribution in [0.2, 0.25) is 0 Å². The maximum Gasteiger partial charge on any atom is 0.211 e. The number of methoxy groups -OCH3 is 2. The zero-order valence-electron chi connectivity index (χ0n) is 9.54. The Balaban J connectivity index is 3.14. The molecule has 0 radical (unpaired) electrons. The molecule has 7 heteroatoms. The van der Waals surface area contributed by atoms with E-state index in [4.69, 9.17) is 20.9 Å². The van der Waals surface area contributed by atoms with E-state index in [2.05, 4.69) is 10.2 Å². The number of benzene rings is 1. The van der Waals surface area contributed by atoms with Crippen LogP contribution < -0.4 is 20.9 Å². The van der Waals surface area contributed by atoms with Gasteiger partial charge < -0.3 is 26.0 Å². The number of aromatic hydroxyl groups is 1. The van der Waals surface area contributed by atoms with E-state index in [1.54, 1.807) is 6.07 Å². The third kappa shape index (κ3) is 3.26. The monoisotopic (exact) mass is 238 g/mol. The molecule has 92 valence electrons. The molecule has 0 fully saturated rings. The molecule has 1 aromatic rings. The molecule has 5 N–H and O–H groups in total. The molecule has 0 aliphatic heterocycles. The lowest BCUT2D eigenvalue weighted by Crippen LogP contribution is -2.21. The van der Waals surface area contributed by atoms with E-state index in [1.165, 1.54) is 26.5 Å². The Morgan fingerprint density at radius 1 is 1.29 bits per heavy atom. The number of phenols is 1. The standard InChI is InChI=1S/C10H14N4O3/c1-16-6-3-8(15)7(9(4-6)17-2)5-13-14-10(11)12/h3-5,15H,1-2H3,(H4,11,12,14). The number of nitrogens with zero attached hydrogens (tertiary/aromatic N) is 2. The number of nitrogens with two attached hydrogens (primary N) is 2. The van der Waals surface area contributed by atoms with Crippen LogP contribution in [-0.2, 0) is 0 Å². The van der Waals surface area contributed by atoms with Crippen molar-refractivity contribution in [2.24, 2.45) is 21.7 Å². The van der Waals surface area contributed by atoms with E-state index in [0.29, 0.717) is 17.1 Å². The van der Waals surface area contributed by atoms with Gasteiger partial charge in [-0.25, -0.2) is 0 Å². The van der Waals surface area contributed by atoms with Gasteiger partial charge in [0.15, 0.2) is 0 Å². The lowest BCUT2D eigenvalue weighted by atomic mass is 10.2. The van der Waals surface area contributed by atoms with Crippen LogP contribution in [0.4, 0.5) is 0 Å². The van der Waals surface area contributed by atoms with E-state index in [9.17, 15) is 5.11 Å². The summed E-state index contributed by atoms with van der Waals surface area (Å²) in [5.41, 5.74) is 10.6. The minimum atomic E-state index is -0.173. The fraction of sp³-hybridized carbons (Fsp3) is 0.200. The fourth-order valence-corrected chi connectivity index (χ4v) is 1.16. The Hall–Kier alpha value is -2.44. The first-order chi connectivity index (χ1) is 8.08. The van der Waals surface area contributed by atoms with Gasteiger partial charge >= 0.3 is 0 Å². The lowest BCUT2D eigenvalue weighted by molar-refractivity contribution is 0.384. The van der Waals surface area contributed by atoms with Crippen LogP contribution >= 0.6 is 0 Å². The number of hydrogen-bond donors (Lipinski definition) is 3. The predicted molar refractivity (Wildman–Crippen MR) is 64.6 cm³/mol. The van der Waals surface area contributed by atoms with Gasteiger partial charge in [0.2, 0.25) is 5.96 Å². The Bertz CT molecular complexity index is 453. The van der Waals surface area contributed by atoms with E-state index in [0.717, 1.165) is 0 Å². The summed E-state index contributed by atoms with van der Waals surface area (Å²) in [4.78, 5) is 0. The smallest absolute Gasteiger partial charge is 0.211 e. The topological polar surface area (TPSA) is 115 Å². The van der Waals surface area contributed by atoms with Gasteiger partial charge in [-0.1, -0.05) is 0 Å². The molecule has 1 aromatic carbocycles. The van der Waals surface area contributed by atoms with Gasteiger partial charge in [-0.2, -0.15) is 5.10 Å². The largest absolute Gasteiger partial charge is 0.507 e. The average Bonchev–Trinajstić information content (AvgIpc) is 2.30. The van der Waals surface area contributed by atoms with Crippen molar-refractivity contribution in [1.29, 1.82) is 0 Å². The highest BCUT2D eigenvalue weighted by Gasteiger charge is 2.09. The third-order valence-corrected chi connectivity index (χ3v) is 1.91. The zero-order chi connectivity index (χ0) is 12.8. The molecular formula is C10H14N4O3. The van der Waals surface area contributed by atoms with Gasteiger partial charge in [0.05, 0.1) is 26.0 Å². The summed E-state index contributed by atoms with van der Waals surface area (Å²) in [5.74, 6) is 0.652. The van der Waals surface area contributed by atoms with E-state index < -0.39 is 0 Å². The summed E-state index contributed by atoms with van der Waals surface area (Å²) in [5, 5.41) is 16.8. The molecule has 1 rings (SSSR count). The number of phenolic OH excluding ortho intramolecular Hbond substituents is 1. The highest BCUT2D eigenvalue weighted by molar-refractivity contribution is 5.88. The van der Waals surface area contributed by atoms with Crippen molar-refractivity contribution in [3.8, 4) is 17.2 Å². The maximum absolute atomic E-state index is 9.74. The number of ether oxygens (including phenoxy) is 2. The fourth-order valence-electron chi connectivity index (χ4n) is 1.16. The summed E-state index contributed by atoms with van der Waals surface area (Å²) in [6.07, 6.45) is 1.29. The molecule has 0 aromatic heterocycles. The molecule has 0 bridgehead atoms. The molecule has 0 saturated heterocycles. The molecule has 0 atom stereocenters. The van der Waals surface area contributed by atoms with Gasteiger partial charge in [-0.05, 0) is 0 Å². The van der Waals surface area contributed by atoms with Crippen LogP contribution in [0.1, 0.15) is 5.56 Å². The second-order valence-electron chi connectivity index (χ2n) is 3.03. The van der Waals surface area contributed by atoms with Gasteiger partial charge in [-0.15, -0.1) is 5.10 Å². The van der Waals surface area contributed by atoms with Gasteiger partial charge in [-0.3, -0.25) is 0 Å². The number of rotatable bonds is 4. The highest BCUT2D eigenvalue weighted by Crippen LogP contribution is 2.31. The minimum absolute atomic E-state index is 0.0456. The molecule has 0 aliphatic carbocycles. The summed E-state index contributed by atoms with van der Waals surface area (Å²) in [6, 6.07) is 3.04. The minimum Gasteiger partial charge on any atom is -0.507 e. The van der Waals surface area contributed by atoms with Crippen molar-refractivity contribution < 1.29 is 14.6 Å². The number of hydrogen-bond acceptors (Lipinski definition) is 5. The lowest BCUT2D eigenvalue weighted by Gasteiger charge is -2.08. The Kier molecular flexibility index (Phi) is 4.15. The van der Waals surface area contributed by atoms with Crippen LogP contribution in [0.15, 0.2) is 22.3 Å². The Morgan fingerprint density at radius 2 is 2.00 bits per heavy atom. The van der Waals surface area contributed by atoms with Gasteiger partial charge in [0, 0.05) is 12.1 Å². The predicted octanol–water partition coefficient (Wildman–Crippen LogP) is 0.0167. The molecule has 0 heterocycles. The summed E-state index contributed by atoms with van der Waals surface area (Å²) in [7, 11) is 2.95. The summed E-state index contributed by atoms with van der Waals surface area (Å²) in [6.45, 7) is 0. The van der Waals surface area contributed by atoms with Gasteiger partial charge in [0.25, 0.3) is 0 Å². The second kappa shape index (κ2) is 5.59. The van der Waals surface area contributed by atoms with Crippen LogP contribution in [0.5, 0.6) is 17.2 Å². The van der Waals surface area contributed by atoms with Crippen molar-refractivity contribution in [3.05, 3.63) is 17.7 Å². The average molecular weight is 238 g/mol. The summed E-state index contributed by atoms with van der Waals surface area (Å²) >= 11 is 0. The first-order valence-electron chi connectivity index (χ1n) is 4.65. The van der Waals surface area contributed by atoms with Crippen molar-refractivity contribution in [3.63, 3.8) is 0 Å². The molecule has 0 aliphatic rings. The van der Waals surface area contributed by atoms with Crippen molar-refractivity contribution >= 4 is 12.2 Å². The van der Waals surface area contributed by atoms with Crippen molar-refractivity contribution in [2.45, 2.75) is 0 Å². The molecule has 0 saturated carbocycles.